The van der Waals surface area contributed by atoms with Gasteiger partial charge in [-0.3, -0.25) is 4.79 Å². The van der Waals surface area contributed by atoms with Crippen molar-refractivity contribution in [3.63, 3.8) is 0 Å². The lowest BCUT2D eigenvalue weighted by Gasteiger charge is -2.05. The molecule has 0 aliphatic rings. The summed E-state index contributed by atoms with van der Waals surface area (Å²) in [6, 6.07) is 6.21. The number of methoxy groups -OCH3 is 1. The number of hydrogen-bond donors (Lipinski definition) is 0. The molecule has 82 valence electrons. The monoisotopic (exact) mass is 270 g/mol. The fraction of sp³-hybridized carbons (Fsp3) is 0.417. The molecule has 0 aliphatic carbocycles. The summed E-state index contributed by atoms with van der Waals surface area (Å²) in [5.74, 6) is -0.134. The zero-order valence-electron chi connectivity index (χ0n) is 9.05. The van der Waals surface area contributed by atoms with Gasteiger partial charge in [-0.05, 0) is 43.0 Å². The zero-order valence-corrected chi connectivity index (χ0v) is 10.6. The van der Waals surface area contributed by atoms with Crippen LogP contribution in [0.2, 0.25) is 0 Å². The molecular formula is C12H15BrO2. The van der Waals surface area contributed by atoms with Gasteiger partial charge in [-0.25, -0.2) is 0 Å². The Morgan fingerprint density at radius 2 is 2.20 bits per heavy atom. The van der Waals surface area contributed by atoms with Gasteiger partial charge in [0.05, 0.1) is 7.11 Å². The van der Waals surface area contributed by atoms with Crippen LogP contribution < -0.4 is 0 Å². The van der Waals surface area contributed by atoms with Gasteiger partial charge in [0.2, 0.25) is 0 Å². The molecule has 3 heteroatoms. The second kappa shape index (κ2) is 5.91. The Hall–Kier alpha value is -0.830. The molecule has 0 N–H and O–H groups in total. The molecule has 0 saturated heterocycles. The van der Waals surface area contributed by atoms with E-state index in [0.29, 0.717) is 6.42 Å². The summed E-state index contributed by atoms with van der Waals surface area (Å²) in [5.41, 5.74) is 2.55. The topological polar surface area (TPSA) is 26.3 Å². The Bertz CT molecular complexity index is 347. The van der Waals surface area contributed by atoms with E-state index >= 15 is 0 Å². The van der Waals surface area contributed by atoms with Crippen LogP contribution in [-0.2, 0) is 16.0 Å². The minimum atomic E-state index is -0.134. The third-order valence-corrected chi connectivity index (χ3v) is 2.85. The van der Waals surface area contributed by atoms with Crippen molar-refractivity contribution in [1.82, 2.24) is 0 Å². The molecule has 0 saturated carbocycles. The smallest absolute Gasteiger partial charge is 0.305 e. The molecule has 1 aromatic carbocycles. The van der Waals surface area contributed by atoms with Crippen molar-refractivity contribution in [3.8, 4) is 0 Å². The molecule has 15 heavy (non-hydrogen) atoms. The van der Waals surface area contributed by atoms with Crippen LogP contribution in [0.3, 0.4) is 0 Å². The SMILES string of the molecule is COC(=O)CCCc1ccc(Br)cc1C. The lowest BCUT2D eigenvalue weighted by molar-refractivity contribution is -0.140. The summed E-state index contributed by atoms with van der Waals surface area (Å²) in [5, 5.41) is 0. The first-order chi connectivity index (χ1) is 7.13. The van der Waals surface area contributed by atoms with Crippen LogP contribution in [0.25, 0.3) is 0 Å². The fourth-order valence-corrected chi connectivity index (χ4v) is 1.94. The third kappa shape index (κ3) is 4.04. The number of ether oxygens (including phenoxy) is 1. The Labute approximate surface area is 98.8 Å². The molecule has 0 unspecified atom stereocenters. The lowest BCUT2D eigenvalue weighted by atomic mass is 10.0. The second-order valence-electron chi connectivity index (χ2n) is 3.50. The molecule has 2 nitrogen and oxygen atoms in total. The van der Waals surface area contributed by atoms with Crippen LogP contribution >= 0.6 is 15.9 Å². The summed E-state index contributed by atoms with van der Waals surface area (Å²) in [6.45, 7) is 2.08. The number of aryl methyl sites for hydroxylation is 2. The molecule has 0 amide bonds. The number of hydrogen-bond acceptors (Lipinski definition) is 2. The van der Waals surface area contributed by atoms with E-state index in [1.54, 1.807) is 0 Å². The molecule has 0 fully saturated rings. The average molecular weight is 271 g/mol. The van der Waals surface area contributed by atoms with Crippen molar-refractivity contribution < 1.29 is 9.53 Å². The quantitative estimate of drug-likeness (QED) is 0.786. The summed E-state index contributed by atoms with van der Waals surface area (Å²) in [7, 11) is 1.42. The molecule has 0 spiro atoms. The highest BCUT2D eigenvalue weighted by Gasteiger charge is 2.02. The average Bonchev–Trinajstić information content (AvgIpc) is 2.21. The summed E-state index contributed by atoms with van der Waals surface area (Å²) in [6.07, 6.45) is 2.26. The van der Waals surface area contributed by atoms with Crippen molar-refractivity contribution in [2.75, 3.05) is 7.11 Å². The van der Waals surface area contributed by atoms with Crippen LogP contribution in [0.4, 0.5) is 0 Å². The van der Waals surface area contributed by atoms with Crippen LogP contribution in [0.5, 0.6) is 0 Å². The molecule has 0 aromatic heterocycles. The zero-order chi connectivity index (χ0) is 11.3. The third-order valence-electron chi connectivity index (χ3n) is 2.36. The number of benzene rings is 1. The van der Waals surface area contributed by atoms with E-state index in [4.69, 9.17) is 0 Å². The highest BCUT2D eigenvalue weighted by molar-refractivity contribution is 9.10. The Kier molecular flexibility index (Phi) is 4.82. The number of esters is 1. The van der Waals surface area contributed by atoms with Crippen LogP contribution in [0, 0.1) is 6.92 Å². The molecule has 1 rings (SSSR count). The van der Waals surface area contributed by atoms with Crippen molar-refractivity contribution in [2.24, 2.45) is 0 Å². The van der Waals surface area contributed by atoms with Gasteiger partial charge in [0.1, 0.15) is 0 Å². The summed E-state index contributed by atoms with van der Waals surface area (Å²) < 4.78 is 5.69. The van der Waals surface area contributed by atoms with Gasteiger partial charge in [-0.2, -0.15) is 0 Å². The van der Waals surface area contributed by atoms with Gasteiger partial charge < -0.3 is 4.74 Å². The van der Waals surface area contributed by atoms with E-state index in [0.717, 1.165) is 17.3 Å². The van der Waals surface area contributed by atoms with E-state index in [9.17, 15) is 4.79 Å². The van der Waals surface area contributed by atoms with Crippen molar-refractivity contribution in [1.29, 1.82) is 0 Å². The molecule has 0 atom stereocenters. The molecule has 0 heterocycles. The fourth-order valence-electron chi connectivity index (χ4n) is 1.47. The maximum Gasteiger partial charge on any atom is 0.305 e. The Balaban J connectivity index is 2.47. The molecule has 0 aliphatic heterocycles. The highest BCUT2D eigenvalue weighted by Crippen LogP contribution is 2.17. The Morgan fingerprint density at radius 1 is 1.47 bits per heavy atom. The van der Waals surface area contributed by atoms with Gasteiger partial charge >= 0.3 is 5.97 Å². The highest BCUT2D eigenvalue weighted by atomic mass is 79.9. The summed E-state index contributed by atoms with van der Waals surface area (Å²) in [4.78, 5) is 10.9. The number of carbonyl (C=O) groups excluding carboxylic acids is 1. The number of rotatable bonds is 4. The minimum absolute atomic E-state index is 0.134. The van der Waals surface area contributed by atoms with E-state index in [-0.39, 0.29) is 5.97 Å². The van der Waals surface area contributed by atoms with Crippen LogP contribution in [0.15, 0.2) is 22.7 Å². The predicted octanol–water partition coefficient (Wildman–Crippen LogP) is 3.25. The minimum Gasteiger partial charge on any atom is -0.469 e. The largest absolute Gasteiger partial charge is 0.469 e. The first kappa shape index (κ1) is 12.2. The molecular weight excluding hydrogens is 256 g/mol. The van der Waals surface area contributed by atoms with E-state index in [2.05, 4.69) is 39.7 Å². The van der Waals surface area contributed by atoms with E-state index in [1.165, 1.54) is 18.2 Å². The van der Waals surface area contributed by atoms with Gasteiger partial charge in [-0.15, -0.1) is 0 Å². The van der Waals surface area contributed by atoms with E-state index in [1.807, 2.05) is 6.07 Å². The first-order valence-corrected chi connectivity index (χ1v) is 5.74. The maximum atomic E-state index is 10.9. The van der Waals surface area contributed by atoms with Crippen molar-refractivity contribution in [3.05, 3.63) is 33.8 Å². The van der Waals surface area contributed by atoms with Gasteiger partial charge in [-0.1, -0.05) is 22.0 Å². The van der Waals surface area contributed by atoms with Gasteiger partial charge in [0.25, 0.3) is 0 Å². The Morgan fingerprint density at radius 3 is 2.80 bits per heavy atom. The first-order valence-electron chi connectivity index (χ1n) is 4.95. The van der Waals surface area contributed by atoms with Crippen molar-refractivity contribution >= 4 is 21.9 Å². The molecule has 0 bridgehead atoms. The van der Waals surface area contributed by atoms with Crippen LogP contribution in [0.1, 0.15) is 24.0 Å². The van der Waals surface area contributed by atoms with Gasteiger partial charge in [0, 0.05) is 10.9 Å². The van der Waals surface area contributed by atoms with Crippen molar-refractivity contribution in [2.45, 2.75) is 26.2 Å². The van der Waals surface area contributed by atoms with Gasteiger partial charge in [0.15, 0.2) is 0 Å². The normalized spacial score (nSPS) is 10.1. The number of carbonyl (C=O) groups is 1. The van der Waals surface area contributed by atoms with E-state index < -0.39 is 0 Å². The molecule has 1 aromatic rings. The maximum absolute atomic E-state index is 10.9. The molecule has 0 radical (unpaired) electrons. The van der Waals surface area contributed by atoms with Crippen LogP contribution in [-0.4, -0.2) is 13.1 Å². The second-order valence-corrected chi connectivity index (χ2v) is 4.42. The predicted molar refractivity (Wildman–Crippen MR) is 63.8 cm³/mol. The standard InChI is InChI=1S/C12H15BrO2/c1-9-8-11(13)7-6-10(9)4-3-5-12(14)15-2/h6-8H,3-5H2,1-2H3. The number of halogens is 1. The summed E-state index contributed by atoms with van der Waals surface area (Å²) >= 11 is 3.42. The lowest BCUT2D eigenvalue weighted by Crippen LogP contribution is -2.01.